The number of hydrogen-bond acceptors (Lipinski definition) is 3. The van der Waals surface area contributed by atoms with Crippen LogP contribution >= 0.6 is 11.6 Å². The van der Waals surface area contributed by atoms with Crippen LogP contribution in [0.3, 0.4) is 0 Å². The molecule has 4 heteroatoms. The van der Waals surface area contributed by atoms with Gasteiger partial charge in [-0.05, 0) is 24.3 Å². The van der Waals surface area contributed by atoms with Crippen LogP contribution in [-0.4, -0.2) is 18.7 Å². The van der Waals surface area contributed by atoms with Crippen LogP contribution in [0.1, 0.15) is 11.5 Å². The second-order valence-electron chi connectivity index (χ2n) is 3.43. The highest BCUT2D eigenvalue weighted by atomic mass is 35.5. The Morgan fingerprint density at radius 3 is 2.38 bits per heavy atom. The zero-order chi connectivity index (χ0) is 11.7. The molecule has 1 aromatic carbocycles. The molecule has 82 valence electrons. The number of halogens is 1. The first-order valence-corrected chi connectivity index (χ1v) is 5.11. The summed E-state index contributed by atoms with van der Waals surface area (Å²) in [6.45, 7) is 0. The molecule has 16 heavy (non-hydrogen) atoms. The maximum atomic E-state index is 11.6. The van der Waals surface area contributed by atoms with E-state index < -0.39 is 5.92 Å². The Bertz CT molecular complexity index is 473. The van der Waals surface area contributed by atoms with Gasteiger partial charge >= 0.3 is 0 Å². The Kier molecular flexibility index (Phi) is 2.79. The van der Waals surface area contributed by atoms with E-state index in [9.17, 15) is 9.59 Å². The molecule has 1 aliphatic rings. The van der Waals surface area contributed by atoms with Crippen LogP contribution in [-0.2, 0) is 9.59 Å². The fourth-order valence-corrected chi connectivity index (χ4v) is 2.03. The topological polar surface area (TPSA) is 43.4 Å². The lowest BCUT2D eigenvalue weighted by Crippen LogP contribution is -2.14. The minimum Gasteiger partial charge on any atom is -0.496 e. The van der Waals surface area contributed by atoms with Crippen molar-refractivity contribution in [1.29, 1.82) is 0 Å². The maximum Gasteiger partial charge on any atom is 0.171 e. The second-order valence-corrected chi connectivity index (χ2v) is 3.83. The van der Waals surface area contributed by atoms with E-state index in [0.29, 0.717) is 16.3 Å². The van der Waals surface area contributed by atoms with Crippen LogP contribution in [0.5, 0.6) is 5.75 Å². The van der Waals surface area contributed by atoms with Crippen molar-refractivity contribution >= 4 is 23.2 Å². The van der Waals surface area contributed by atoms with Gasteiger partial charge in [-0.25, -0.2) is 0 Å². The molecule has 0 heterocycles. The lowest BCUT2D eigenvalue weighted by Gasteiger charge is -2.13. The smallest absolute Gasteiger partial charge is 0.171 e. The van der Waals surface area contributed by atoms with Crippen molar-refractivity contribution in [3.05, 3.63) is 40.9 Å². The van der Waals surface area contributed by atoms with Crippen molar-refractivity contribution in [2.45, 2.75) is 5.92 Å². The fourth-order valence-electron chi connectivity index (χ4n) is 1.76. The van der Waals surface area contributed by atoms with Gasteiger partial charge in [0.25, 0.3) is 0 Å². The molecule has 1 aromatic rings. The third kappa shape index (κ3) is 1.63. The fraction of sp³-hybridized carbons (Fsp3) is 0.167. The first-order valence-electron chi connectivity index (χ1n) is 4.73. The van der Waals surface area contributed by atoms with E-state index in [0.717, 1.165) is 0 Å². The molecule has 0 aliphatic heterocycles. The molecule has 0 saturated carbocycles. The van der Waals surface area contributed by atoms with Gasteiger partial charge in [-0.1, -0.05) is 17.7 Å². The van der Waals surface area contributed by atoms with Crippen molar-refractivity contribution in [2.75, 3.05) is 7.11 Å². The molecule has 0 saturated heterocycles. The third-order valence-corrected chi connectivity index (χ3v) is 2.83. The summed E-state index contributed by atoms with van der Waals surface area (Å²) < 4.78 is 5.12. The highest BCUT2D eigenvalue weighted by Gasteiger charge is 2.33. The molecule has 3 nitrogen and oxygen atoms in total. The number of allylic oxidation sites excluding steroid dienone is 2. The zero-order valence-corrected chi connectivity index (χ0v) is 9.32. The molecule has 0 unspecified atom stereocenters. The summed E-state index contributed by atoms with van der Waals surface area (Å²) in [6, 6.07) is 5.03. The van der Waals surface area contributed by atoms with Gasteiger partial charge < -0.3 is 4.74 Å². The number of carbonyl (C=O) groups is 2. The minimum absolute atomic E-state index is 0.253. The van der Waals surface area contributed by atoms with E-state index in [1.54, 1.807) is 18.2 Å². The summed E-state index contributed by atoms with van der Waals surface area (Å²) >= 11 is 6.01. The highest BCUT2D eigenvalue weighted by molar-refractivity contribution is 6.33. The number of carbonyl (C=O) groups excluding carboxylic acids is 2. The Labute approximate surface area is 97.7 Å². The maximum absolute atomic E-state index is 11.6. The van der Waals surface area contributed by atoms with Crippen molar-refractivity contribution in [1.82, 2.24) is 0 Å². The van der Waals surface area contributed by atoms with Crippen molar-refractivity contribution < 1.29 is 14.3 Å². The van der Waals surface area contributed by atoms with E-state index >= 15 is 0 Å². The quantitative estimate of drug-likeness (QED) is 0.739. The normalized spacial score (nSPS) is 15.9. The van der Waals surface area contributed by atoms with Gasteiger partial charge in [0.15, 0.2) is 11.6 Å². The van der Waals surface area contributed by atoms with Crippen LogP contribution < -0.4 is 4.74 Å². The average Bonchev–Trinajstić information content (AvgIpc) is 2.59. The summed E-state index contributed by atoms with van der Waals surface area (Å²) in [7, 11) is 1.48. The molecule has 0 bridgehead atoms. The molecule has 0 N–H and O–H groups in total. The van der Waals surface area contributed by atoms with Gasteiger partial charge in [0.1, 0.15) is 11.7 Å². The zero-order valence-electron chi connectivity index (χ0n) is 8.57. The van der Waals surface area contributed by atoms with Gasteiger partial charge in [0, 0.05) is 10.6 Å². The predicted octanol–water partition coefficient (Wildman–Crippen LogP) is 2.14. The predicted molar refractivity (Wildman–Crippen MR) is 59.9 cm³/mol. The molecule has 0 amide bonds. The first kappa shape index (κ1) is 10.9. The monoisotopic (exact) mass is 236 g/mol. The van der Waals surface area contributed by atoms with Gasteiger partial charge in [0.2, 0.25) is 0 Å². The Morgan fingerprint density at radius 2 is 1.81 bits per heavy atom. The molecular weight excluding hydrogens is 228 g/mol. The Balaban J connectivity index is 2.55. The Hall–Kier alpha value is -1.61. The summed E-state index contributed by atoms with van der Waals surface area (Å²) in [5, 5.41) is 0.370. The number of hydrogen-bond donors (Lipinski definition) is 0. The first-order chi connectivity index (χ1) is 7.65. The summed E-state index contributed by atoms with van der Waals surface area (Å²) in [6.07, 6.45) is 2.55. The van der Waals surface area contributed by atoms with Crippen molar-refractivity contribution in [3.8, 4) is 5.75 Å². The van der Waals surface area contributed by atoms with E-state index in [1.165, 1.54) is 19.3 Å². The van der Waals surface area contributed by atoms with E-state index in [4.69, 9.17) is 16.3 Å². The number of ether oxygens (including phenoxy) is 1. The van der Waals surface area contributed by atoms with Gasteiger partial charge in [0.05, 0.1) is 7.11 Å². The van der Waals surface area contributed by atoms with Gasteiger partial charge in [-0.2, -0.15) is 0 Å². The van der Waals surface area contributed by atoms with Gasteiger partial charge in [-0.3, -0.25) is 9.59 Å². The van der Waals surface area contributed by atoms with Crippen molar-refractivity contribution in [2.24, 2.45) is 0 Å². The standard InChI is InChI=1S/C12H9ClO3/c1-16-10-4-2-3-7(13)11(10)12-8(14)5-6-9(12)15/h2-6,12H,1H3. The number of benzene rings is 1. The molecule has 1 aliphatic carbocycles. The second kappa shape index (κ2) is 4.10. The molecule has 0 spiro atoms. The van der Waals surface area contributed by atoms with Crippen LogP contribution in [0.2, 0.25) is 5.02 Å². The molecular formula is C12H9ClO3. The van der Waals surface area contributed by atoms with Crippen LogP contribution in [0.25, 0.3) is 0 Å². The average molecular weight is 237 g/mol. The summed E-state index contributed by atoms with van der Waals surface area (Å²) in [5.74, 6) is -0.889. The number of methoxy groups -OCH3 is 1. The summed E-state index contributed by atoms with van der Waals surface area (Å²) in [4.78, 5) is 23.2. The SMILES string of the molecule is COc1cccc(Cl)c1C1C(=O)C=CC1=O. The molecule has 2 rings (SSSR count). The van der Waals surface area contributed by atoms with E-state index in [2.05, 4.69) is 0 Å². The molecule has 0 atom stereocenters. The lowest BCUT2D eigenvalue weighted by molar-refractivity contribution is -0.122. The third-order valence-electron chi connectivity index (χ3n) is 2.50. The van der Waals surface area contributed by atoms with E-state index in [-0.39, 0.29) is 11.6 Å². The number of ketones is 2. The number of rotatable bonds is 2. The lowest BCUT2D eigenvalue weighted by atomic mass is 9.94. The molecule has 0 aromatic heterocycles. The van der Waals surface area contributed by atoms with Crippen LogP contribution in [0.4, 0.5) is 0 Å². The largest absolute Gasteiger partial charge is 0.496 e. The molecule has 0 fully saturated rings. The van der Waals surface area contributed by atoms with E-state index in [1.807, 2.05) is 0 Å². The van der Waals surface area contributed by atoms with Crippen LogP contribution in [0.15, 0.2) is 30.4 Å². The Morgan fingerprint density at radius 1 is 1.19 bits per heavy atom. The minimum atomic E-state index is -0.844. The van der Waals surface area contributed by atoms with Crippen molar-refractivity contribution in [3.63, 3.8) is 0 Å². The van der Waals surface area contributed by atoms with Gasteiger partial charge in [-0.15, -0.1) is 0 Å². The summed E-state index contributed by atoms with van der Waals surface area (Å²) in [5.41, 5.74) is 0.451. The van der Waals surface area contributed by atoms with Crippen LogP contribution in [0, 0.1) is 0 Å². The highest BCUT2D eigenvalue weighted by Crippen LogP contribution is 2.36. The molecule has 0 radical (unpaired) electrons.